The van der Waals surface area contributed by atoms with Crippen LogP contribution in [0.25, 0.3) is 0 Å². The van der Waals surface area contributed by atoms with Gasteiger partial charge >= 0.3 is 5.97 Å². The quantitative estimate of drug-likeness (QED) is 0.619. The summed E-state index contributed by atoms with van der Waals surface area (Å²) in [7, 11) is -2.46. The van der Waals surface area contributed by atoms with Crippen LogP contribution in [0.2, 0.25) is 0 Å². The van der Waals surface area contributed by atoms with Gasteiger partial charge in [0.15, 0.2) is 6.10 Å². The molecule has 1 aromatic rings. The van der Waals surface area contributed by atoms with Crippen LogP contribution in [0.1, 0.15) is 62.2 Å². The van der Waals surface area contributed by atoms with Crippen molar-refractivity contribution in [2.45, 2.75) is 75.0 Å². The minimum Gasteiger partial charge on any atom is -0.495 e. The molecule has 2 aliphatic rings. The van der Waals surface area contributed by atoms with Crippen molar-refractivity contribution in [2.24, 2.45) is 0 Å². The summed E-state index contributed by atoms with van der Waals surface area (Å²) < 4.78 is 38.1. The Hall–Kier alpha value is -2.13. The number of ether oxygens (including phenoxy) is 2. The summed E-state index contributed by atoms with van der Waals surface area (Å²) in [5.74, 6) is -0.971. The Kier molecular flexibility index (Phi) is 6.79. The van der Waals surface area contributed by atoms with Crippen molar-refractivity contribution in [1.82, 2.24) is 10.0 Å². The highest BCUT2D eigenvalue weighted by Crippen LogP contribution is 2.28. The zero-order chi connectivity index (χ0) is 21.0. The molecule has 2 N–H and O–H groups in total. The molecule has 3 rings (SSSR count). The molecule has 2 fully saturated rings. The molecular formula is C20H28N2O6S. The van der Waals surface area contributed by atoms with Crippen LogP contribution in [0, 0.1) is 0 Å². The number of esters is 1. The molecule has 160 valence electrons. The molecule has 8 nitrogen and oxygen atoms in total. The highest BCUT2D eigenvalue weighted by molar-refractivity contribution is 7.89. The lowest BCUT2D eigenvalue weighted by Crippen LogP contribution is -2.42. The fraction of sp³-hybridized carbons (Fsp3) is 0.600. The van der Waals surface area contributed by atoms with Gasteiger partial charge in [0, 0.05) is 12.1 Å². The average molecular weight is 425 g/mol. The summed E-state index contributed by atoms with van der Waals surface area (Å²) >= 11 is 0. The predicted molar refractivity (Wildman–Crippen MR) is 106 cm³/mol. The first kappa shape index (κ1) is 21.6. The van der Waals surface area contributed by atoms with Gasteiger partial charge in [-0.05, 0) is 50.8 Å². The third-order valence-electron chi connectivity index (χ3n) is 5.19. The number of hydrogen-bond donors (Lipinski definition) is 2. The van der Waals surface area contributed by atoms with Crippen molar-refractivity contribution in [3.05, 3.63) is 23.8 Å². The zero-order valence-corrected chi connectivity index (χ0v) is 17.6. The van der Waals surface area contributed by atoms with Gasteiger partial charge in [0.05, 0.1) is 12.7 Å². The smallest absolute Gasteiger partial charge is 0.338 e. The van der Waals surface area contributed by atoms with Crippen LogP contribution >= 0.6 is 0 Å². The van der Waals surface area contributed by atoms with Crippen LogP contribution in [0.5, 0.6) is 5.75 Å². The molecule has 0 heterocycles. The first-order valence-electron chi connectivity index (χ1n) is 10.0. The zero-order valence-electron chi connectivity index (χ0n) is 16.8. The molecule has 1 aromatic carbocycles. The minimum absolute atomic E-state index is 0.0410. The average Bonchev–Trinajstić information content (AvgIpc) is 3.51. The number of nitrogens with one attached hydrogen (secondary N) is 2. The summed E-state index contributed by atoms with van der Waals surface area (Å²) in [6.07, 6.45) is 5.80. The summed E-state index contributed by atoms with van der Waals surface area (Å²) in [5, 5.41) is 2.92. The van der Waals surface area contributed by atoms with Gasteiger partial charge < -0.3 is 14.8 Å². The number of carbonyl (C=O) groups is 2. The Balaban J connectivity index is 1.68. The topological polar surface area (TPSA) is 111 Å². The first-order chi connectivity index (χ1) is 13.8. The number of rotatable bonds is 8. The normalized spacial score (nSPS) is 18.7. The van der Waals surface area contributed by atoms with Crippen molar-refractivity contribution >= 4 is 21.9 Å². The van der Waals surface area contributed by atoms with Gasteiger partial charge in [0.2, 0.25) is 10.0 Å². The lowest BCUT2D eigenvalue weighted by atomic mass is 9.95. The second kappa shape index (κ2) is 9.13. The van der Waals surface area contributed by atoms with E-state index >= 15 is 0 Å². The van der Waals surface area contributed by atoms with Crippen molar-refractivity contribution in [1.29, 1.82) is 0 Å². The van der Waals surface area contributed by atoms with E-state index in [0.717, 1.165) is 38.5 Å². The third kappa shape index (κ3) is 5.70. The van der Waals surface area contributed by atoms with Gasteiger partial charge in [-0.3, -0.25) is 4.79 Å². The number of amides is 1. The molecule has 1 atom stereocenters. The highest BCUT2D eigenvalue weighted by atomic mass is 32.2. The highest BCUT2D eigenvalue weighted by Gasteiger charge is 2.31. The monoisotopic (exact) mass is 424 g/mol. The molecule has 0 spiro atoms. The van der Waals surface area contributed by atoms with Crippen LogP contribution in [-0.4, -0.2) is 45.6 Å². The van der Waals surface area contributed by atoms with Gasteiger partial charge in [-0.15, -0.1) is 0 Å². The Labute approximate surface area is 171 Å². The van der Waals surface area contributed by atoms with Crippen LogP contribution < -0.4 is 14.8 Å². The largest absolute Gasteiger partial charge is 0.495 e. The molecule has 1 unspecified atom stereocenters. The van der Waals surface area contributed by atoms with E-state index in [1.807, 2.05) is 0 Å². The van der Waals surface area contributed by atoms with E-state index in [-0.39, 0.29) is 34.2 Å². The fourth-order valence-corrected chi connectivity index (χ4v) is 4.85. The molecule has 0 aromatic heterocycles. The Morgan fingerprint density at radius 1 is 1.07 bits per heavy atom. The number of benzene rings is 1. The molecule has 0 saturated heterocycles. The summed E-state index contributed by atoms with van der Waals surface area (Å²) in [5.41, 5.74) is 0.0410. The summed E-state index contributed by atoms with van der Waals surface area (Å²) in [6.45, 7) is 1.51. The second-order valence-corrected chi connectivity index (χ2v) is 9.33. The van der Waals surface area contributed by atoms with Crippen molar-refractivity contribution in [2.75, 3.05) is 7.11 Å². The van der Waals surface area contributed by atoms with Gasteiger partial charge in [0.25, 0.3) is 5.91 Å². The Morgan fingerprint density at radius 3 is 2.38 bits per heavy atom. The van der Waals surface area contributed by atoms with E-state index in [9.17, 15) is 18.0 Å². The lowest BCUT2D eigenvalue weighted by Gasteiger charge is -2.24. The molecule has 9 heteroatoms. The molecular weight excluding hydrogens is 396 g/mol. The lowest BCUT2D eigenvalue weighted by molar-refractivity contribution is -0.130. The minimum atomic E-state index is -3.82. The van der Waals surface area contributed by atoms with Gasteiger partial charge in [-0.1, -0.05) is 19.3 Å². The maximum atomic E-state index is 12.6. The maximum absolute atomic E-state index is 12.6. The number of carbonyl (C=O) groups excluding carboxylic acids is 2. The van der Waals surface area contributed by atoms with Crippen LogP contribution in [0.15, 0.2) is 23.1 Å². The van der Waals surface area contributed by atoms with Crippen LogP contribution in [0.3, 0.4) is 0 Å². The van der Waals surface area contributed by atoms with Crippen molar-refractivity contribution in [3.8, 4) is 5.75 Å². The second-order valence-electron chi connectivity index (χ2n) is 7.65. The van der Waals surface area contributed by atoms with E-state index in [2.05, 4.69) is 10.0 Å². The van der Waals surface area contributed by atoms with Crippen molar-refractivity contribution < 1.29 is 27.5 Å². The molecule has 0 bridgehead atoms. The van der Waals surface area contributed by atoms with E-state index in [0.29, 0.717) is 0 Å². The summed E-state index contributed by atoms with van der Waals surface area (Å²) in [6, 6.07) is 4.08. The molecule has 29 heavy (non-hydrogen) atoms. The van der Waals surface area contributed by atoms with E-state index in [4.69, 9.17) is 9.47 Å². The van der Waals surface area contributed by atoms with Crippen molar-refractivity contribution in [3.63, 3.8) is 0 Å². The summed E-state index contributed by atoms with van der Waals surface area (Å²) in [4.78, 5) is 24.7. The Bertz CT molecular complexity index is 860. The van der Waals surface area contributed by atoms with Gasteiger partial charge in [0.1, 0.15) is 10.6 Å². The molecule has 1 amide bonds. The number of methoxy groups -OCH3 is 1. The Morgan fingerprint density at radius 2 is 1.76 bits per heavy atom. The first-order valence-corrected chi connectivity index (χ1v) is 11.5. The fourth-order valence-electron chi connectivity index (χ4n) is 3.35. The molecule has 0 radical (unpaired) electrons. The molecule has 0 aliphatic heterocycles. The van der Waals surface area contributed by atoms with E-state index < -0.39 is 22.1 Å². The van der Waals surface area contributed by atoms with Gasteiger partial charge in [-0.2, -0.15) is 0 Å². The van der Waals surface area contributed by atoms with Gasteiger partial charge in [-0.25, -0.2) is 17.9 Å². The molecule has 2 saturated carbocycles. The van der Waals surface area contributed by atoms with E-state index in [1.165, 1.54) is 38.7 Å². The maximum Gasteiger partial charge on any atom is 0.338 e. The SMILES string of the molecule is COc1ccc(C(=O)OC(C)C(=O)NC2CCCCC2)cc1S(=O)(=O)NC1CC1. The molecule has 2 aliphatic carbocycles. The predicted octanol–water partition coefficient (Wildman–Crippen LogP) is 2.13. The third-order valence-corrected chi connectivity index (χ3v) is 6.73. The van der Waals surface area contributed by atoms with E-state index in [1.54, 1.807) is 0 Å². The number of hydrogen-bond acceptors (Lipinski definition) is 6. The number of sulfonamides is 1. The van der Waals surface area contributed by atoms with Crippen LogP contribution in [-0.2, 0) is 19.6 Å². The van der Waals surface area contributed by atoms with Crippen LogP contribution in [0.4, 0.5) is 0 Å². The standard InChI is InChI=1S/C20H28N2O6S/c1-13(19(23)21-15-6-4-3-5-7-15)28-20(24)14-8-11-17(27-2)18(12-14)29(25,26)22-16-9-10-16/h8,11-13,15-16,22H,3-7,9-10H2,1-2H3,(H,21,23).